The Hall–Kier alpha value is -1.42. The van der Waals surface area contributed by atoms with Crippen molar-refractivity contribution < 1.29 is 9.53 Å². The molecule has 0 bridgehead atoms. The van der Waals surface area contributed by atoms with Gasteiger partial charge in [-0.2, -0.15) is 0 Å². The lowest BCUT2D eigenvalue weighted by Gasteiger charge is -2.04. The van der Waals surface area contributed by atoms with Crippen LogP contribution >= 0.6 is 0 Å². The molecule has 82 valence electrons. The van der Waals surface area contributed by atoms with Gasteiger partial charge in [-0.3, -0.25) is 9.78 Å². The van der Waals surface area contributed by atoms with Gasteiger partial charge in [0.05, 0.1) is 13.2 Å². The van der Waals surface area contributed by atoms with Crippen LogP contribution in [0.15, 0.2) is 24.5 Å². The van der Waals surface area contributed by atoms with Crippen LogP contribution in [-0.4, -0.2) is 30.6 Å². The highest BCUT2D eigenvalue weighted by atomic mass is 16.5. The Kier molecular flexibility index (Phi) is 5.40. The number of hydrogen-bond acceptors (Lipinski definition) is 4. The molecule has 15 heavy (non-hydrogen) atoms. The van der Waals surface area contributed by atoms with Crippen LogP contribution in [0.5, 0.6) is 0 Å². The average molecular weight is 208 g/mol. The highest BCUT2D eigenvalue weighted by molar-refractivity contribution is 5.71. The van der Waals surface area contributed by atoms with E-state index in [1.807, 2.05) is 18.3 Å². The zero-order chi connectivity index (χ0) is 10.9. The number of hydrogen-bond donors (Lipinski definition) is 1. The Morgan fingerprint density at radius 2 is 2.47 bits per heavy atom. The molecule has 0 spiro atoms. The van der Waals surface area contributed by atoms with Crippen molar-refractivity contribution in [3.63, 3.8) is 0 Å². The zero-order valence-electron chi connectivity index (χ0n) is 8.90. The molecule has 0 atom stereocenters. The smallest absolute Gasteiger partial charge is 0.319 e. The van der Waals surface area contributed by atoms with Crippen molar-refractivity contribution in [2.45, 2.75) is 13.3 Å². The summed E-state index contributed by atoms with van der Waals surface area (Å²) in [6, 6.07) is 3.92. The molecule has 0 saturated carbocycles. The molecule has 0 aliphatic rings. The summed E-state index contributed by atoms with van der Waals surface area (Å²) in [5.74, 6) is -0.205. The molecule has 0 aliphatic carbocycles. The minimum absolute atomic E-state index is 0.205. The van der Waals surface area contributed by atoms with Gasteiger partial charge in [0, 0.05) is 12.4 Å². The molecule has 0 amide bonds. The van der Waals surface area contributed by atoms with E-state index in [1.54, 1.807) is 13.1 Å². The molecule has 0 aromatic carbocycles. The van der Waals surface area contributed by atoms with Crippen LogP contribution < -0.4 is 5.32 Å². The fourth-order valence-electron chi connectivity index (χ4n) is 1.18. The summed E-state index contributed by atoms with van der Waals surface area (Å²) in [7, 11) is 0. The summed E-state index contributed by atoms with van der Waals surface area (Å²) in [4.78, 5) is 15.0. The number of nitrogens with one attached hydrogen (secondary N) is 1. The Morgan fingerprint density at radius 3 is 3.13 bits per heavy atom. The molecule has 4 nitrogen and oxygen atoms in total. The number of aromatic nitrogens is 1. The van der Waals surface area contributed by atoms with Crippen LogP contribution in [0.25, 0.3) is 0 Å². The first kappa shape index (κ1) is 11.7. The first-order valence-electron chi connectivity index (χ1n) is 5.08. The van der Waals surface area contributed by atoms with Crippen molar-refractivity contribution in [1.29, 1.82) is 0 Å². The highest BCUT2D eigenvalue weighted by Gasteiger charge is 1.99. The van der Waals surface area contributed by atoms with Gasteiger partial charge in [0.25, 0.3) is 0 Å². The number of rotatable bonds is 6. The first-order chi connectivity index (χ1) is 7.33. The van der Waals surface area contributed by atoms with Crippen LogP contribution in [-0.2, 0) is 16.0 Å². The average Bonchev–Trinajstić information content (AvgIpc) is 2.26. The van der Waals surface area contributed by atoms with E-state index < -0.39 is 0 Å². The predicted molar refractivity (Wildman–Crippen MR) is 57.4 cm³/mol. The van der Waals surface area contributed by atoms with Gasteiger partial charge in [0.1, 0.15) is 0 Å². The lowest BCUT2D eigenvalue weighted by atomic mass is 10.2. The lowest BCUT2D eigenvalue weighted by Crippen LogP contribution is -2.26. The van der Waals surface area contributed by atoms with Gasteiger partial charge in [-0.05, 0) is 31.5 Å². The van der Waals surface area contributed by atoms with Crippen molar-refractivity contribution in [2.75, 3.05) is 19.7 Å². The van der Waals surface area contributed by atoms with Crippen molar-refractivity contribution >= 4 is 5.97 Å². The molecule has 4 heteroatoms. The fourth-order valence-corrected chi connectivity index (χ4v) is 1.18. The maximum atomic E-state index is 11.0. The fraction of sp³-hybridized carbons (Fsp3) is 0.455. The number of esters is 1. The Morgan fingerprint density at radius 1 is 1.60 bits per heavy atom. The molecule has 1 rings (SSSR count). The summed E-state index contributed by atoms with van der Waals surface area (Å²) in [5, 5.41) is 3.02. The first-order valence-corrected chi connectivity index (χ1v) is 5.08. The van der Waals surface area contributed by atoms with Gasteiger partial charge in [0.15, 0.2) is 0 Å². The number of pyridine rings is 1. The predicted octanol–water partition coefficient (Wildman–Crippen LogP) is 0.777. The second kappa shape index (κ2) is 6.95. The lowest BCUT2D eigenvalue weighted by molar-refractivity contribution is -0.141. The normalized spacial score (nSPS) is 9.93. The minimum atomic E-state index is -0.205. The zero-order valence-corrected chi connectivity index (χ0v) is 8.90. The largest absolute Gasteiger partial charge is 0.465 e. The van der Waals surface area contributed by atoms with Crippen molar-refractivity contribution in [1.82, 2.24) is 10.3 Å². The number of ether oxygens (including phenoxy) is 1. The monoisotopic (exact) mass is 208 g/mol. The second-order valence-corrected chi connectivity index (χ2v) is 3.09. The van der Waals surface area contributed by atoms with Gasteiger partial charge < -0.3 is 10.1 Å². The SMILES string of the molecule is CCOC(=O)CNCCc1cccnc1. The van der Waals surface area contributed by atoms with Crippen molar-refractivity contribution in [3.05, 3.63) is 30.1 Å². The summed E-state index contributed by atoms with van der Waals surface area (Å²) in [6.07, 6.45) is 4.44. The van der Waals surface area contributed by atoms with Crippen molar-refractivity contribution in [2.24, 2.45) is 0 Å². The molecule has 1 heterocycles. The highest BCUT2D eigenvalue weighted by Crippen LogP contribution is 1.95. The Balaban J connectivity index is 2.10. The topological polar surface area (TPSA) is 51.2 Å². The second-order valence-electron chi connectivity index (χ2n) is 3.09. The molecule has 1 aromatic rings. The van der Waals surface area contributed by atoms with E-state index in [1.165, 1.54) is 0 Å². The van der Waals surface area contributed by atoms with E-state index in [0.29, 0.717) is 6.61 Å². The van der Waals surface area contributed by atoms with Gasteiger partial charge in [-0.15, -0.1) is 0 Å². The molecule has 0 radical (unpaired) electrons. The third-order valence-corrected chi connectivity index (χ3v) is 1.89. The Labute approximate surface area is 89.7 Å². The molecular weight excluding hydrogens is 192 g/mol. The maximum Gasteiger partial charge on any atom is 0.319 e. The van der Waals surface area contributed by atoms with Crippen LogP contribution in [0, 0.1) is 0 Å². The van der Waals surface area contributed by atoms with Gasteiger partial charge in [-0.1, -0.05) is 6.07 Å². The van der Waals surface area contributed by atoms with Crippen molar-refractivity contribution in [3.8, 4) is 0 Å². The summed E-state index contributed by atoms with van der Waals surface area (Å²) in [5.41, 5.74) is 1.16. The van der Waals surface area contributed by atoms with E-state index in [2.05, 4.69) is 10.3 Å². The molecule has 0 aliphatic heterocycles. The standard InChI is InChI=1S/C11H16N2O2/c1-2-15-11(14)9-13-7-5-10-4-3-6-12-8-10/h3-4,6,8,13H,2,5,7,9H2,1H3. The summed E-state index contributed by atoms with van der Waals surface area (Å²) >= 11 is 0. The third kappa shape index (κ3) is 5.12. The molecule has 1 aromatic heterocycles. The third-order valence-electron chi connectivity index (χ3n) is 1.89. The number of carbonyl (C=O) groups excluding carboxylic acids is 1. The van der Waals surface area contributed by atoms with Gasteiger partial charge in [-0.25, -0.2) is 0 Å². The van der Waals surface area contributed by atoms with Crippen LogP contribution in [0.2, 0.25) is 0 Å². The van der Waals surface area contributed by atoms with E-state index >= 15 is 0 Å². The molecule has 0 unspecified atom stereocenters. The number of nitrogens with zero attached hydrogens (tertiary/aromatic N) is 1. The summed E-state index contributed by atoms with van der Waals surface area (Å²) < 4.78 is 4.78. The maximum absolute atomic E-state index is 11.0. The van der Waals surface area contributed by atoms with E-state index in [9.17, 15) is 4.79 Å². The number of carbonyl (C=O) groups is 1. The Bertz CT molecular complexity index is 288. The molecule has 0 saturated heterocycles. The van der Waals surface area contributed by atoms with Crippen LogP contribution in [0.3, 0.4) is 0 Å². The van der Waals surface area contributed by atoms with Gasteiger partial charge >= 0.3 is 5.97 Å². The van der Waals surface area contributed by atoms with Crippen LogP contribution in [0.4, 0.5) is 0 Å². The van der Waals surface area contributed by atoms with Crippen LogP contribution in [0.1, 0.15) is 12.5 Å². The quantitative estimate of drug-likeness (QED) is 0.554. The summed E-state index contributed by atoms with van der Waals surface area (Å²) in [6.45, 7) is 3.26. The van der Waals surface area contributed by atoms with E-state index in [0.717, 1.165) is 18.5 Å². The molecular formula is C11H16N2O2. The minimum Gasteiger partial charge on any atom is -0.465 e. The van der Waals surface area contributed by atoms with E-state index in [-0.39, 0.29) is 12.5 Å². The van der Waals surface area contributed by atoms with E-state index in [4.69, 9.17) is 4.74 Å². The molecule has 0 fully saturated rings. The van der Waals surface area contributed by atoms with Gasteiger partial charge in [0.2, 0.25) is 0 Å². The molecule has 1 N–H and O–H groups in total.